The summed E-state index contributed by atoms with van der Waals surface area (Å²) in [5, 5.41) is 20.4. The maximum Gasteiger partial charge on any atom is 0.251 e. The Kier molecular flexibility index (Phi) is 5.75. The van der Waals surface area contributed by atoms with E-state index in [1.165, 1.54) is 0 Å². The van der Waals surface area contributed by atoms with Crippen LogP contribution in [-0.2, 0) is 18.3 Å². The van der Waals surface area contributed by atoms with E-state index in [2.05, 4.69) is 31.3 Å². The summed E-state index contributed by atoms with van der Waals surface area (Å²) >= 11 is 0. The largest absolute Gasteiger partial charge is 0.355 e. The van der Waals surface area contributed by atoms with Gasteiger partial charge >= 0.3 is 0 Å². The fourth-order valence-corrected chi connectivity index (χ4v) is 4.81. The van der Waals surface area contributed by atoms with E-state index in [1.54, 1.807) is 14.1 Å². The first kappa shape index (κ1) is 21.6. The Hall–Kier alpha value is -3.59. The Morgan fingerprint density at radius 1 is 1.03 bits per heavy atom. The average molecular weight is 434 g/mol. The van der Waals surface area contributed by atoms with E-state index in [-0.39, 0.29) is 17.9 Å². The minimum Gasteiger partial charge on any atom is -0.355 e. The maximum atomic E-state index is 12.3. The molecule has 1 aliphatic carbocycles. The second-order valence-electron chi connectivity index (χ2n) is 8.24. The molecule has 1 aliphatic rings. The first-order valence-corrected chi connectivity index (χ1v) is 10.6. The van der Waals surface area contributed by atoms with Gasteiger partial charge in [0.25, 0.3) is 11.8 Å². The number of nitrogens with zero attached hydrogens (tertiary/aromatic N) is 3. The number of H-pyrrole nitrogens is 1. The number of carbonyl (C=O) groups excluding carboxylic acids is 2. The van der Waals surface area contributed by atoms with Crippen molar-refractivity contribution in [1.82, 2.24) is 31.3 Å². The molecule has 4 rings (SSSR count). The number of benzene rings is 2. The molecule has 0 aliphatic heterocycles. The quantitative estimate of drug-likeness (QED) is 0.475. The van der Waals surface area contributed by atoms with Gasteiger partial charge in [0.2, 0.25) is 0 Å². The minimum absolute atomic E-state index is 0.143. The number of aromatic nitrogens is 4. The van der Waals surface area contributed by atoms with Gasteiger partial charge in [-0.05, 0) is 83.1 Å². The van der Waals surface area contributed by atoms with Crippen LogP contribution in [0.3, 0.4) is 0 Å². The van der Waals surface area contributed by atoms with Crippen LogP contribution in [0.15, 0.2) is 36.4 Å². The van der Waals surface area contributed by atoms with Crippen molar-refractivity contribution in [2.24, 2.45) is 5.73 Å². The topological polar surface area (TPSA) is 139 Å². The SMILES string of the molecule is CNC(=O)c1ccc2c(c1)CCc1cc(C(=O)NC)ccc1C2(C[C@@H](C)N)c1nnn[nH]1. The fraction of sp³-hybridized carbons (Fsp3) is 0.348. The van der Waals surface area contributed by atoms with Gasteiger partial charge in [0.1, 0.15) is 0 Å². The van der Waals surface area contributed by atoms with E-state index in [4.69, 9.17) is 5.73 Å². The van der Waals surface area contributed by atoms with Crippen LogP contribution in [0.2, 0.25) is 0 Å². The molecule has 3 aromatic rings. The molecule has 9 nitrogen and oxygen atoms in total. The van der Waals surface area contributed by atoms with Crippen LogP contribution in [0.1, 0.15) is 62.1 Å². The van der Waals surface area contributed by atoms with Gasteiger partial charge < -0.3 is 16.4 Å². The zero-order valence-electron chi connectivity index (χ0n) is 18.4. The first-order chi connectivity index (χ1) is 15.4. The molecular formula is C23H27N7O2. The molecule has 2 amide bonds. The summed E-state index contributed by atoms with van der Waals surface area (Å²) in [6.07, 6.45) is 1.95. The van der Waals surface area contributed by atoms with Crippen LogP contribution >= 0.6 is 0 Å². The molecule has 9 heteroatoms. The molecule has 1 atom stereocenters. The highest BCUT2D eigenvalue weighted by Crippen LogP contribution is 2.46. The summed E-state index contributed by atoms with van der Waals surface area (Å²) in [5.41, 5.74) is 10.9. The molecule has 0 unspecified atom stereocenters. The predicted molar refractivity (Wildman–Crippen MR) is 119 cm³/mol. The van der Waals surface area contributed by atoms with E-state index >= 15 is 0 Å². The zero-order chi connectivity index (χ0) is 22.9. The van der Waals surface area contributed by atoms with Gasteiger partial charge in [-0.15, -0.1) is 5.10 Å². The average Bonchev–Trinajstić information content (AvgIpc) is 3.31. The molecular weight excluding hydrogens is 406 g/mol. The van der Waals surface area contributed by atoms with Crippen LogP contribution in [0.4, 0.5) is 0 Å². The number of nitrogens with two attached hydrogens (primary N) is 1. The molecule has 1 heterocycles. The Balaban J connectivity index is 2.02. The molecule has 0 saturated carbocycles. The maximum absolute atomic E-state index is 12.3. The minimum atomic E-state index is -0.749. The highest BCUT2D eigenvalue weighted by molar-refractivity contribution is 5.95. The molecule has 0 radical (unpaired) electrons. The Morgan fingerprint density at radius 3 is 1.97 bits per heavy atom. The van der Waals surface area contributed by atoms with Gasteiger partial charge in [-0.1, -0.05) is 12.1 Å². The van der Waals surface area contributed by atoms with Crippen molar-refractivity contribution in [3.05, 3.63) is 75.6 Å². The second kappa shape index (κ2) is 8.51. The number of hydrogen-bond acceptors (Lipinski definition) is 6. The van der Waals surface area contributed by atoms with Gasteiger partial charge in [0.05, 0.1) is 5.41 Å². The summed E-state index contributed by atoms with van der Waals surface area (Å²) < 4.78 is 0. The number of fused-ring (bicyclic) bond motifs is 2. The summed E-state index contributed by atoms with van der Waals surface area (Å²) in [6.45, 7) is 1.95. The zero-order valence-corrected chi connectivity index (χ0v) is 18.4. The van der Waals surface area contributed by atoms with E-state index in [1.807, 2.05) is 43.3 Å². The highest BCUT2D eigenvalue weighted by Gasteiger charge is 2.44. The van der Waals surface area contributed by atoms with Crippen LogP contribution in [-0.4, -0.2) is 52.6 Å². The van der Waals surface area contributed by atoms with Gasteiger partial charge in [-0.3, -0.25) is 9.59 Å². The Bertz CT molecular complexity index is 1090. The Morgan fingerprint density at radius 2 is 1.56 bits per heavy atom. The third-order valence-electron chi connectivity index (χ3n) is 6.15. The predicted octanol–water partition coefficient (Wildman–Crippen LogP) is 1.09. The summed E-state index contributed by atoms with van der Waals surface area (Å²) in [6, 6.07) is 11.3. The van der Waals surface area contributed by atoms with Gasteiger partial charge in [-0.2, -0.15) is 0 Å². The van der Waals surface area contributed by atoms with Crippen LogP contribution < -0.4 is 16.4 Å². The van der Waals surface area contributed by atoms with Crippen molar-refractivity contribution in [2.75, 3.05) is 14.1 Å². The number of carbonyl (C=O) groups is 2. The lowest BCUT2D eigenvalue weighted by molar-refractivity contribution is 0.0955. The molecule has 2 aromatic carbocycles. The molecule has 32 heavy (non-hydrogen) atoms. The highest BCUT2D eigenvalue weighted by atomic mass is 16.2. The molecule has 0 bridgehead atoms. The van der Waals surface area contributed by atoms with Crippen molar-refractivity contribution in [2.45, 2.75) is 37.6 Å². The number of nitrogens with one attached hydrogen (secondary N) is 3. The number of aryl methyl sites for hydroxylation is 2. The molecule has 0 saturated heterocycles. The number of tetrazole rings is 1. The van der Waals surface area contributed by atoms with Crippen molar-refractivity contribution in [3.8, 4) is 0 Å². The van der Waals surface area contributed by atoms with Crippen LogP contribution in [0, 0.1) is 0 Å². The van der Waals surface area contributed by atoms with Crippen molar-refractivity contribution >= 4 is 11.8 Å². The normalized spacial score (nSPS) is 15.1. The Labute approximate surface area is 186 Å². The van der Waals surface area contributed by atoms with Crippen molar-refractivity contribution in [3.63, 3.8) is 0 Å². The number of rotatable bonds is 5. The van der Waals surface area contributed by atoms with Gasteiger partial charge in [-0.25, -0.2) is 5.10 Å². The lowest BCUT2D eigenvalue weighted by atomic mass is 9.68. The van der Waals surface area contributed by atoms with E-state index in [9.17, 15) is 9.59 Å². The third kappa shape index (κ3) is 3.54. The monoisotopic (exact) mass is 433 g/mol. The van der Waals surface area contributed by atoms with E-state index < -0.39 is 5.41 Å². The third-order valence-corrected chi connectivity index (χ3v) is 6.15. The van der Waals surface area contributed by atoms with E-state index in [0.29, 0.717) is 36.2 Å². The molecule has 5 N–H and O–H groups in total. The summed E-state index contributed by atoms with van der Waals surface area (Å²) in [4.78, 5) is 24.6. The van der Waals surface area contributed by atoms with Crippen molar-refractivity contribution < 1.29 is 9.59 Å². The number of hydrogen-bond donors (Lipinski definition) is 4. The molecule has 0 fully saturated rings. The summed E-state index contributed by atoms with van der Waals surface area (Å²) in [7, 11) is 3.23. The molecule has 0 spiro atoms. The standard InChI is InChI=1S/C23H27N7O2/c1-13(24)12-23(22-27-29-30-28-22)18-8-6-16(20(31)25-2)10-14(18)4-5-15-11-17(21(32)26-3)7-9-19(15)23/h6-11,13H,4-5,12,24H2,1-3H3,(H,25,31)(H,26,32)(H,27,28,29,30)/t13-/m1/s1. The van der Waals surface area contributed by atoms with Gasteiger partial charge in [0.15, 0.2) is 5.82 Å². The smallest absolute Gasteiger partial charge is 0.251 e. The molecule has 1 aromatic heterocycles. The fourth-order valence-electron chi connectivity index (χ4n) is 4.81. The number of aromatic amines is 1. The lowest BCUT2D eigenvalue weighted by Gasteiger charge is -2.35. The molecule has 166 valence electrons. The van der Waals surface area contributed by atoms with Crippen LogP contribution in [0.5, 0.6) is 0 Å². The number of amides is 2. The van der Waals surface area contributed by atoms with Crippen LogP contribution in [0.25, 0.3) is 0 Å². The van der Waals surface area contributed by atoms with Crippen molar-refractivity contribution in [1.29, 1.82) is 0 Å². The van der Waals surface area contributed by atoms with E-state index in [0.717, 1.165) is 22.3 Å². The first-order valence-electron chi connectivity index (χ1n) is 10.6. The summed E-state index contributed by atoms with van der Waals surface area (Å²) in [5.74, 6) is 0.297. The lowest BCUT2D eigenvalue weighted by Crippen LogP contribution is -2.38. The second-order valence-corrected chi connectivity index (χ2v) is 8.24. The van der Waals surface area contributed by atoms with Gasteiger partial charge in [0, 0.05) is 31.3 Å².